The fraction of sp³-hybridized carbons (Fsp3) is 0.400. The molecule has 0 spiro atoms. The molecule has 176 valence electrons. The third-order valence-electron chi connectivity index (χ3n) is 5.48. The van der Waals surface area contributed by atoms with E-state index in [1.807, 2.05) is 24.3 Å². The van der Waals surface area contributed by atoms with E-state index < -0.39 is 0 Å². The fourth-order valence-electron chi connectivity index (χ4n) is 3.60. The Balaban J connectivity index is 1.46. The summed E-state index contributed by atoms with van der Waals surface area (Å²) in [4.78, 5) is 38.5. The first-order chi connectivity index (χ1) is 16.0. The Morgan fingerprint density at radius 1 is 1.09 bits per heavy atom. The minimum absolute atomic E-state index is 0.0887. The number of aryl methyl sites for hydroxylation is 1. The van der Waals surface area contributed by atoms with Gasteiger partial charge < -0.3 is 25.0 Å². The molecule has 2 N–H and O–H groups in total. The SMILES string of the molecule is CCc1ccc(NC(=O)COc2ccc(N3C[C@@H](C(=O)NCCCOC)CC3=O)cc2)cc1. The topological polar surface area (TPSA) is 97.0 Å². The van der Waals surface area contributed by atoms with Gasteiger partial charge in [0.05, 0.1) is 5.92 Å². The zero-order valence-corrected chi connectivity index (χ0v) is 19.1. The summed E-state index contributed by atoms with van der Waals surface area (Å²) in [5, 5.41) is 5.66. The summed E-state index contributed by atoms with van der Waals surface area (Å²) in [6, 6.07) is 14.6. The average molecular weight is 454 g/mol. The van der Waals surface area contributed by atoms with Gasteiger partial charge in [-0.3, -0.25) is 14.4 Å². The summed E-state index contributed by atoms with van der Waals surface area (Å²) >= 11 is 0. The van der Waals surface area contributed by atoms with Gasteiger partial charge in [-0.05, 0) is 54.8 Å². The fourth-order valence-corrected chi connectivity index (χ4v) is 3.60. The minimum Gasteiger partial charge on any atom is -0.484 e. The normalized spacial score (nSPS) is 15.4. The van der Waals surface area contributed by atoms with Crippen LogP contribution >= 0.6 is 0 Å². The molecule has 1 heterocycles. The Kier molecular flexibility index (Phi) is 8.83. The van der Waals surface area contributed by atoms with E-state index in [9.17, 15) is 14.4 Å². The largest absolute Gasteiger partial charge is 0.484 e. The molecule has 33 heavy (non-hydrogen) atoms. The first kappa shape index (κ1) is 24.3. The van der Waals surface area contributed by atoms with Crippen molar-refractivity contribution in [3.8, 4) is 5.75 Å². The highest BCUT2D eigenvalue weighted by Crippen LogP contribution is 2.27. The maximum atomic E-state index is 12.4. The number of nitrogens with zero attached hydrogens (tertiary/aromatic N) is 1. The summed E-state index contributed by atoms with van der Waals surface area (Å²) in [6.07, 6.45) is 1.87. The van der Waals surface area contributed by atoms with Gasteiger partial charge >= 0.3 is 0 Å². The van der Waals surface area contributed by atoms with Crippen LogP contribution in [-0.4, -0.2) is 51.1 Å². The Morgan fingerprint density at radius 3 is 2.48 bits per heavy atom. The molecule has 1 aliphatic heterocycles. The van der Waals surface area contributed by atoms with Gasteiger partial charge in [-0.15, -0.1) is 0 Å². The Bertz CT molecular complexity index is 944. The predicted octanol–water partition coefficient (Wildman–Crippen LogP) is 2.77. The van der Waals surface area contributed by atoms with Crippen molar-refractivity contribution in [2.24, 2.45) is 5.92 Å². The number of hydrogen-bond acceptors (Lipinski definition) is 5. The molecular weight excluding hydrogens is 422 g/mol. The van der Waals surface area contributed by atoms with Crippen molar-refractivity contribution in [2.45, 2.75) is 26.2 Å². The zero-order valence-electron chi connectivity index (χ0n) is 19.1. The number of carbonyl (C=O) groups excluding carboxylic acids is 3. The van der Waals surface area contributed by atoms with Crippen LogP contribution in [0.25, 0.3) is 0 Å². The molecule has 0 unspecified atom stereocenters. The molecule has 3 amide bonds. The van der Waals surface area contributed by atoms with Crippen molar-refractivity contribution in [2.75, 3.05) is 43.6 Å². The smallest absolute Gasteiger partial charge is 0.262 e. The predicted molar refractivity (Wildman–Crippen MR) is 126 cm³/mol. The number of ether oxygens (including phenoxy) is 2. The average Bonchev–Trinajstić information content (AvgIpc) is 3.23. The number of methoxy groups -OCH3 is 1. The number of hydrogen-bond donors (Lipinski definition) is 2. The summed E-state index contributed by atoms with van der Waals surface area (Å²) in [5.74, 6) is -0.302. The highest BCUT2D eigenvalue weighted by atomic mass is 16.5. The number of amides is 3. The molecule has 1 atom stereocenters. The van der Waals surface area contributed by atoms with Crippen molar-refractivity contribution < 1.29 is 23.9 Å². The first-order valence-electron chi connectivity index (χ1n) is 11.2. The van der Waals surface area contributed by atoms with E-state index >= 15 is 0 Å². The molecule has 0 aromatic heterocycles. The van der Waals surface area contributed by atoms with Gasteiger partial charge in [0.15, 0.2) is 6.61 Å². The molecule has 2 aromatic rings. The van der Waals surface area contributed by atoms with Gasteiger partial charge in [-0.25, -0.2) is 0 Å². The summed E-state index contributed by atoms with van der Waals surface area (Å²) in [7, 11) is 1.62. The lowest BCUT2D eigenvalue weighted by molar-refractivity contribution is -0.126. The van der Waals surface area contributed by atoms with Gasteiger partial charge in [-0.1, -0.05) is 19.1 Å². The van der Waals surface area contributed by atoms with Gasteiger partial charge in [0.1, 0.15) is 5.75 Å². The zero-order chi connectivity index (χ0) is 23.6. The molecule has 8 nitrogen and oxygen atoms in total. The van der Waals surface area contributed by atoms with Gasteiger partial charge in [0.2, 0.25) is 11.8 Å². The van der Waals surface area contributed by atoms with Crippen molar-refractivity contribution >= 4 is 29.1 Å². The molecular formula is C25H31N3O5. The quantitative estimate of drug-likeness (QED) is 0.510. The monoisotopic (exact) mass is 453 g/mol. The van der Waals surface area contributed by atoms with Crippen LogP contribution < -0.4 is 20.3 Å². The van der Waals surface area contributed by atoms with E-state index in [2.05, 4.69) is 17.6 Å². The van der Waals surface area contributed by atoms with E-state index in [-0.39, 0.29) is 36.7 Å². The van der Waals surface area contributed by atoms with Crippen LogP contribution in [0.3, 0.4) is 0 Å². The number of benzene rings is 2. The van der Waals surface area contributed by atoms with Crippen molar-refractivity contribution in [3.05, 3.63) is 54.1 Å². The van der Waals surface area contributed by atoms with Gasteiger partial charge in [-0.2, -0.15) is 0 Å². The summed E-state index contributed by atoms with van der Waals surface area (Å²) in [6.45, 7) is 3.41. The molecule has 1 aliphatic rings. The van der Waals surface area contributed by atoms with Gasteiger partial charge in [0.25, 0.3) is 5.91 Å². The maximum absolute atomic E-state index is 12.4. The third-order valence-corrected chi connectivity index (χ3v) is 5.48. The van der Waals surface area contributed by atoms with Crippen LogP contribution in [0.5, 0.6) is 5.75 Å². The molecule has 1 saturated heterocycles. The summed E-state index contributed by atoms with van der Waals surface area (Å²) < 4.78 is 10.5. The minimum atomic E-state index is -0.369. The third kappa shape index (κ3) is 7.05. The molecule has 1 fully saturated rings. The molecule has 0 aliphatic carbocycles. The summed E-state index contributed by atoms with van der Waals surface area (Å²) in [5.41, 5.74) is 2.62. The Hall–Kier alpha value is -3.39. The second kappa shape index (κ2) is 12.0. The molecule has 0 saturated carbocycles. The lowest BCUT2D eigenvalue weighted by atomic mass is 10.1. The van der Waals surface area contributed by atoms with Crippen LogP contribution in [0.2, 0.25) is 0 Å². The Morgan fingerprint density at radius 2 is 1.82 bits per heavy atom. The molecule has 2 aromatic carbocycles. The van der Waals surface area contributed by atoms with Crippen LogP contribution in [0.1, 0.15) is 25.3 Å². The van der Waals surface area contributed by atoms with Crippen molar-refractivity contribution in [1.82, 2.24) is 5.32 Å². The van der Waals surface area contributed by atoms with Crippen LogP contribution in [0.4, 0.5) is 11.4 Å². The molecule has 3 rings (SSSR count). The van der Waals surface area contributed by atoms with E-state index in [4.69, 9.17) is 9.47 Å². The number of carbonyl (C=O) groups is 3. The van der Waals surface area contributed by atoms with Crippen LogP contribution in [0, 0.1) is 5.92 Å². The number of rotatable bonds is 11. The molecule has 0 radical (unpaired) electrons. The lowest BCUT2D eigenvalue weighted by Crippen LogP contribution is -2.33. The molecule has 0 bridgehead atoms. The van der Waals surface area contributed by atoms with E-state index in [1.54, 1.807) is 36.3 Å². The second-order valence-electron chi connectivity index (χ2n) is 7.92. The Labute approximate surface area is 194 Å². The standard InChI is InChI=1S/C25H31N3O5/c1-3-18-5-7-20(8-6-18)27-23(29)17-33-22-11-9-21(10-12-22)28-16-19(15-24(28)30)25(31)26-13-4-14-32-2/h5-12,19H,3-4,13-17H2,1-2H3,(H,26,31)(H,27,29)/t19-/m0/s1. The van der Waals surface area contributed by atoms with Crippen molar-refractivity contribution in [3.63, 3.8) is 0 Å². The van der Waals surface area contributed by atoms with E-state index in [0.29, 0.717) is 31.1 Å². The van der Waals surface area contributed by atoms with E-state index in [1.165, 1.54) is 5.56 Å². The second-order valence-corrected chi connectivity index (χ2v) is 7.92. The highest BCUT2D eigenvalue weighted by molar-refractivity contribution is 6.00. The first-order valence-corrected chi connectivity index (χ1v) is 11.2. The number of nitrogens with one attached hydrogen (secondary N) is 2. The van der Waals surface area contributed by atoms with E-state index in [0.717, 1.165) is 18.5 Å². The van der Waals surface area contributed by atoms with Gasteiger partial charge in [0, 0.05) is 44.6 Å². The lowest BCUT2D eigenvalue weighted by Gasteiger charge is -2.17. The van der Waals surface area contributed by atoms with Crippen LogP contribution in [0.15, 0.2) is 48.5 Å². The number of anilines is 2. The van der Waals surface area contributed by atoms with Crippen molar-refractivity contribution in [1.29, 1.82) is 0 Å². The highest BCUT2D eigenvalue weighted by Gasteiger charge is 2.34. The van der Waals surface area contributed by atoms with Crippen LogP contribution in [-0.2, 0) is 25.5 Å². The maximum Gasteiger partial charge on any atom is 0.262 e. The molecule has 8 heteroatoms.